The van der Waals surface area contributed by atoms with E-state index in [4.69, 9.17) is 12.6 Å². The van der Waals surface area contributed by atoms with Crippen molar-refractivity contribution in [2.75, 3.05) is 4.90 Å². The summed E-state index contributed by atoms with van der Waals surface area (Å²) in [7, 11) is 0. The maximum absolute atomic E-state index is 9.74. The van der Waals surface area contributed by atoms with E-state index in [1.807, 2.05) is 84.9 Å². The predicted molar refractivity (Wildman–Crippen MR) is 198 cm³/mol. The average molecular weight is 612 g/mol. The van der Waals surface area contributed by atoms with Gasteiger partial charge < -0.3 is 13.9 Å². The van der Waals surface area contributed by atoms with Gasteiger partial charge in [0.05, 0.1) is 42.9 Å². The van der Waals surface area contributed by atoms with Gasteiger partial charge in [-0.15, -0.1) is 0 Å². The molecule has 0 N–H and O–H groups in total. The fourth-order valence-corrected chi connectivity index (χ4v) is 6.73. The summed E-state index contributed by atoms with van der Waals surface area (Å²) in [5, 5.41) is 3.90. The highest BCUT2D eigenvalue weighted by atomic mass is 16.3. The summed E-state index contributed by atoms with van der Waals surface area (Å²) in [6.07, 6.45) is 0. The molecule has 2 heterocycles. The molecule has 2 aromatic heterocycles. The predicted octanol–water partition coefficient (Wildman–Crippen LogP) is 12.5. The minimum Gasteiger partial charge on any atom is -0.455 e. The second-order valence-corrected chi connectivity index (χ2v) is 11.3. The molecule has 0 aliphatic heterocycles. The first-order valence-corrected chi connectivity index (χ1v) is 15.1. The number of fused-ring (bicyclic) bond motifs is 9. The molecule has 3 nitrogen and oxygen atoms in total. The van der Waals surface area contributed by atoms with Crippen molar-refractivity contribution in [1.82, 2.24) is 4.57 Å². The number of furan rings is 1. The largest absolute Gasteiger partial charge is 0.455 e. The standard InChI is InChI=1S/C44H28N2O/c1-3-14-33-29(11-1)13-9-20-38(33)46(41-21-10-22-42-43(41)37-28-23-30-12-2-4-15-34(30)44(37)47-42)32-26-24-31(25-27-32)45-39-18-7-5-16-35(39)36-17-6-8-19-40(36)45/h1-28H/i1D,3D,9D,11D,13D,14D,20D,24D,25D,26D,27D. The van der Waals surface area contributed by atoms with Gasteiger partial charge in [0.1, 0.15) is 11.2 Å². The Morgan fingerprint density at radius 2 is 1.19 bits per heavy atom. The molecule has 220 valence electrons. The van der Waals surface area contributed by atoms with E-state index >= 15 is 0 Å². The maximum atomic E-state index is 9.74. The first kappa shape index (κ1) is 17.4. The van der Waals surface area contributed by atoms with Gasteiger partial charge in [0.15, 0.2) is 0 Å². The molecule has 3 heteroatoms. The Balaban J connectivity index is 1.39. The lowest BCUT2D eigenvalue weighted by molar-refractivity contribution is 0.672. The first-order chi connectivity index (χ1) is 27.9. The van der Waals surface area contributed by atoms with Crippen LogP contribution in [0.4, 0.5) is 17.1 Å². The molecular weight excluding hydrogens is 572 g/mol. The SMILES string of the molecule is [2H]c1c([2H])c(-n2c3ccccc3c3ccccc32)c([2H])c([2H])c1N(c1c([2H])c([2H])c([2H])c2c([2H])c([2H])c([2H])c([2H])c12)c1cccc2oc3c4ccccc4ccc3c12. The molecule has 0 radical (unpaired) electrons. The summed E-state index contributed by atoms with van der Waals surface area (Å²) in [5.74, 6) is 0. The molecule has 10 aromatic rings. The highest BCUT2D eigenvalue weighted by Gasteiger charge is 2.22. The molecule has 0 amide bonds. The van der Waals surface area contributed by atoms with Gasteiger partial charge >= 0.3 is 0 Å². The third-order valence-electron chi connectivity index (χ3n) is 8.75. The molecule has 47 heavy (non-hydrogen) atoms. The van der Waals surface area contributed by atoms with Crippen molar-refractivity contribution in [3.05, 3.63) is 170 Å². The zero-order valence-electron chi connectivity index (χ0n) is 35.6. The maximum Gasteiger partial charge on any atom is 0.143 e. The molecule has 0 saturated heterocycles. The zero-order valence-corrected chi connectivity index (χ0v) is 24.6. The Hall–Kier alpha value is -6.32. The van der Waals surface area contributed by atoms with E-state index in [2.05, 4.69) is 0 Å². The van der Waals surface area contributed by atoms with Crippen LogP contribution in [-0.2, 0) is 0 Å². The zero-order chi connectivity index (χ0) is 40.5. The van der Waals surface area contributed by atoms with E-state index in [9.17, 15) is 6.85 Å². The fourth-order valence-electron chi connectivity index (χ4n) is 6.73. The highest BCUT2D eigenvalue weighted by molar-refractivity contribution is 6.20. The Morgan fingerprint density at radius 1 is 0.489 bits per heavy atom. The third kappa shape index (κ3) is 3.87. The van der Waals surface area contributed by atoms with Gasteiger partial charge in [0, 0.05) is 38.3 Å². The van der Waals surface area contributed by atoms with E-state index in [0.29, 0.717) is 33.0 Å². The van der Waals surface area contributed by atoms with Gasteiger partial charge in [-0.2, -0.15) is 0 Å². The van der Waals surface area contributed by atoms with Crippen LogP contribution in [0.15, 0.2) is 174 Å². The van der Waals surface area contributed by atoms with E-state index in [1.165, 1.54) is 4.90 Å². The van der Waals surface area contributed by atoms with Crippen molar-refractivity contribution in [3.63, 3.8) is 0 Å². The van der Waals surface area contributed by atoms with Crippen LogP contribution >= 0.6 is 0 Å². The van der Waals surface area contributed by atoms with Crippen LogP contribution in [0.2, 0.25) is 0 Å². The Morgan fingerprint density at radius 3 is 2.00 bits per heavy atom. The number of anilines is 3. The summed E-state index contributed by atoms with van der Waals surface area (Å²) in [4.78, 5) is 1.28. The molecule has 8 aromatic carbocycles. The molecule has 0 aliphatic rings. The molecule has 0 saturated carbocycles. The number of hydrogen-bond acceptors (Lipinski definition) is 2. The van der Waals surface area contributed by atoms with Crippen LogP contribution in [0, 0.1) is 0 Å². The summed E-state index contributed by atoms with van der Waals surface area (Å²) in [6.45, 7) is 0. The Kier molecular flexibility index (Phi) is 3.74. The lowest BCUT2D eigenvalue weighted by Crippen LogP contribution is -2.11. The topological polar surface area (TPSA) is 21.3 Å². The van der Waals surface area contributed by atoms with Gasteiger partial charge in [0.2, 0.25) is 0 Å². The highest BCUT2D eigenvalue weighted by Crippen LogP contribution is 2.46. The number of benzene rings is 8. The summed E-state index contributed by atoms with van der Waals surface area (Å²) >= 11 is 0. The first-order valence-electron chi connectivity index (χ1n) is 20.6. The molecule has 0 aliphatic carbocycles. The van der Waals surface area contributed by atoms with E-state index in [0.717, 1.165) is 21.5 Å². The quantitative estimate of drug-likeness (QED) is 0.197. The number of hydrogen-bond donors (Lipinski definition) is 0. The van der Waals surface area contributed by atoms with Crippen molar-refractivity contribution >= 4 is 82.4 Å². The van der Waals surface area contributed by atoms with E-state index in [-0.39, 0.29) is 33.5 Å². The minimum absolute atomic E-state index is 0.0184. The number of rotatable bonds is 4. The number of aromatic nitrogens is 1. The summed E-state index contributed by atoms with van der Waals surface area (Å²) in [5.41, 5.74) is 1.78. The molecule has 0 spiro atoms. The second-order valence-electron chi connectivity index (χ2n) is 11.3. The van der Waals surface area contributed by atoms with Gasteiger partial charge in [-0.05, 0) is 71.3 Å². The molecule has 0 atom stereocenters. The van der Waals surface area contributed by atoms with Gasteiger partial charge in [-0.25, -0.2) is 0 Å². The van der Waals surface area contributed by atoms with Gasteiger partial charge in [-0.1, -0.05) is 109 Å². The van der Waals surface area contributed by atoms with Crippen LogP contribution in [0.5, 0.6) is 0 Å². The van der Waals surface area contributed by atoms with E-state index < -0.39 is 66.5 Å². The fraction of sp³-hybridized carbons (Fsp3) is 0. The molecule has 0 unspecified atom stereocenters. The van der Waals surface area contributed by atoms with Crippen LogP contribution in [0.3, 0.4) is 0 Å². The van der Waals surface area contributed by atoms with Crippen molar-refractivity contribution in [2.45, 2.75) is 0 Å². The lowest BCUT2D eigenvalue weighted by atomic mass is 10.0. The minimum atomic E-state index is -0.648. The van der Waals surface area contributed by atoms with Crippen LogP contribution in [0.1, 0.15) is 15.1 Å². The normalized spacial score (nSPS) is 15.1. The average Bonchev–Trinajstić information content (AvgIpc) is 3.79. The van der Waals surface area contributed by atoms with Crippen LogP contribution < -0.4 is 4.90 Å². The van der Waals surface area contributed by atoms with Crippen LogP contribution in [-0.4, -0.2) is 4.57 Å². The lowest BCUT2D eigenvalue weighted by Gasteiger charge is -2.28. The van der Waals surface area contributed by atoms with Crippen molar-refractivity contribution in [3.8, 4) is 5.69 Å². The molecule has 0 fully saturated rings. The van der Waals surface area contributed by atoms with Gasteiger partial charge in [0.25, 0.3) is 0 Å². The summed E-state index contributed by atoms with van der Waals surface area (Å²) < 4.78 is 109. The summed E-state index contributed by atoms with van der Waals surface area (Å²) in [6, 6.07) is 25.3. The Labute approximate surface area is 286 Å². The van der Waals surface area contributed by atoms with Crippen molar-refractivity contribution in [1.29, 1.82) is 0 Å². The van der Waals surface area contributed by atoms with E-state index in [1.54, 1.807) is 22.8 Å². The number of para-hydroxylation sites is 2. The molecular formula is C44H28N2O. The monoisotopic (exact) mass is 611 g/mol. The third-order valence-corrected chi connectivity index (χ3v) is 8.75. The van der Waals surface area contributed by atoms with Crippen molar-refractivity contribution in [2.24, 2.45) is 0 Å². The smallest absolute Gasteiger partial charge is 0.143 e. The molecule has 10 rings (SSSR count). The number of nitrogens with zero attached hydrogens (tertiary/aromatic N) is 2. The molecule has 0 bridgehead atoms. The van der Waals surface area contributed by atoms with Crippen molar-refractivity contribution < 1.29 is 19.5 Å². The van der Waals surface area contributed by atoms with Crippen LogP contribution in [0.25, 0.3) is 71.0 Å². The Bertz CT molecular complexity index is 3360. The van der Waals surface area contributed by atoms with Gasteiger partial charge in [-0.3, -0.25) is 0 Å². The second kappa shape index (κ2) is 10.1.